The highest BCUT2D eigenvalue weighted by molar-refractivity contribution is 7.21. The van der Waals surface area contributed by atoms with Gasteiger partial charge in [0.15, 0.2) is 0 Å². The Kier molecular flexibility index (Phi) is 3.65. The molecule has 0 bridgehead atoms. The summed E-state index contributed by atoms with van der Waals surface area (Å²) in [6.07, 6.45) is 3.47. The van der Waals surface area contributed by atoms with E-state index in [4.69, 9.17) is 10.7 Å². The van der Waals surface area contributed by atoms with E-state index in [1.807, 2.05) is 31.2 Å². The number of carbonyl (C=O) groups is 1. The van der Waals surface area contributed by atoms with Crippen LogP contribution in [-0.2, 0) is 12.8 Å². The molecule has 5 heteroatoms. The van der Waals surface area contributed by atoms with Crippen molar-refractivity contribution in [2.45, 2.75) is 26.2 Å². The Bertz CT molecular complexity index is 1210. The molecule has 2 aromatic carbocycles. The average Bonchev–Trinajstić information content (AvgIpc) is 3.24. The van der Waals surface area contributed by atoms with Crippen LogP contribution < -0.4 is 11.1 Å². The number of anilines is 2. The van der Waals surface area contributed by atoms with E-state index in [1.165, 1.54) is 28.9 Å². The largest absolute Gasteiger partial charge is 0.397 e. The minimum absolute atomic E-state index is 0.189. The molecule has 134 valence electrons. The fraction of sp³-hybridized carbons (Fsp3) is 0.182. The minimum atomic E-state index is -0.189. The monoisotopic (exact) mass is 373 g/mol. The van der Waals surface area contributed by atoms with Crippen molar-refractivity contribution in [3.63, 3.8) is 0 Å². The van der Waals surface area contributed by atoms with E-state index in [1.54, 1.807) is 0 Å². The van der Waals surface area contributed by atoms with Crippen LogP contribution >= 0.6 is 11.3 Å². The zero-order chi connectivity index (χ0) is 18.5. The zero-order valence-corrected chi connectivity index (χ0v) is 15.8. The summed E-state index contributed by atoms with van der Waals surface area (Å²) in [5.74, 6) is -0.189. The lowest BCUT2D eigenvalue weighted by Crippen LogP contribution is -2.11. The molecule has 0 spiro atoms. The van der Waals surface area contributed by atoms with Crippen molar-refractivity contribution in [2.75, 3.05) is 11.1 Å². The van der Waals surface area contributed by atoms with Gasteiger partial charge in [-0.05, 0) is 67.6 Å². The third-order valence-corrected chi connectivity index (χ3v) is 6.36. The average molecular weight is 373 g/mol. The summed E-state index contributed by atoms with van der Waals surface area (Å²) in [6, 6.07) is 14.2. The molecule has 1 amide bonds. The molecule has 1 aliphatic carbocycles. The summed E-state index contributed by atoms with van der Waals surface area (Å²) in [4.78, 5) is 18.9. The molecule has 0 radical (unpaired) electrons. The van der Waals surface area contributed by atoms with Crippen molar-refractivity contribution < 1.29 is 4.79 Å². The van der Waals surface area contributed by atoms with Crippen LogP contribution in [-0.4, -0.2) is 10.9 Å². The Morgan fingerprint density at radius 2 is 1.85 bits per heavy atom. The molecular weight excluding hydrogens is 354 g/mol. The number of fused-ring (bicyclic) bond motifs is 3. The van der Waals surface area contributed by atoms with Crippen LogP contribution in [0.3, 0.4) is 0 Å². The van der Waals surface area contributed by atoms with E-state index in [0.29, 0.717) is 10.6 Å². The Hall–Kier alpha value is -2.92. The topological polar surface area (TPSA) is 68.0 Å². The number of aromatic nitrogens is 1. The van der Waals surface area contributed by atoms with E-state index in [-0.39, 0.29) is 5.91 Å². The van der Waals surface area contributed by atoms with E-state index < -0.39 is 0 Å². The maximum absolute atomic E-state index is 12.7. The maximum Gasteiger partial charge on any atom is 0.267 e. The second-order valence-corrected chi connectivity index (χ2v) is 8.17. The standard InChI is InChI=1S/C22H19N3OS/c1-12-5-7-16(8-6-12)24-21(26)20-19(23)17-10-15-9-13-3-2-4-14(13)11-18(15)25-22(17)27-20/h5-11H,2-4,23H2,1H3,(H,24,26). The maximum atomic E-state index is 12.7. The fourth-order valence-corrected chi connectivity index (χ4v) is 4.75. The first kappa shape index (κ1) is 16.3. The lowest BCUT2D eigenvalue weighted by Gasteiger charge is -2.05. The molecule has 2 aromatic heterocycles. The van der Waals surface area contributed by atoms with Crippen molar-refractivity contribution in [1.29, 1.82) is 0 Å². The number of aryl methyl sites for hydroxylation is 3. The Balaban J connectivity index is 1.56. The first-order valence-electron chi connectivity index (χ1n) is 9.11. The number of benzene rings is 2. The third-order valence-electron chi connectivity index (χ3n) is 5.24. The quantitative estimate of drug-likeness (QED) is 0.515. The van der Waals surface area contributed by atoms with Gasteiger partial charge < -0.3 is 11.1 Å². The van der Waals surface area contributed by atoms with Gasteiger partial charge in [-0.25, -0.2) is 4.98 Å². The molecule has 4 nitrogen and oxygen atoms in total. The second kappa shape index (κ2) is 6.06. The highest BCUT2D eigenvalue weighted by atomic mass is 32.1. The number of nitrogens with two attached hydrogens (primary N) is 1. The predicted molar refractivity (Wildman–Crippen MR) is 113 cm³/mol. The van der Waals surface area contributed by atoms with Gasteiger partial charge in [0.05, 0.1) is 11.2 Å². The molecule has 0 unspecified atom stereocenters. The molecule has 5 rings (SSSR count). The molecule has 4 aromatic rings. The van der Waals surface area contributed by atoms with Crippen LogP contribution in [0, 0.1) is 6.92 Å². The lowest BCUT2D eigenvalue weighted by molar-refractivity contribution is 0.103. The van der Waals surface area contributed by atoms with Crippen molar-refractivity contribution in [3.8, 4) is 0 Å². The Labute approximate surface area is 161 Å². The number of nitrogen functional groups attached to an aromatic ring is 1. The zero-order valence-electron chi connectivity index (χ0n) is 15.0. The van der Waals surface area contributed by atoms with Crippen molar-refractivity contribution in [1.82, 2.24) is 4.98 Å². The number of hydrogen-bond donors (Lipinski definition) is 2. The summed E-state index contributed by atoms with van der Waals surface area (Å²) in [5.41, 5.74) is 12.5. The molecular formula is C22H19N3OS. The third kappa shape index (κ3) is 2.75. The Morgan fingerprint density at radius 1 is 1.11 bits per heavy atom. The molecule has 1 aliphatic rings. The van der Waals surface area contributed by atoms with E-state index in [2.05, 4.69) is 23.5 Å². The van der Waals surface area contributed by atoms with E-state index in [0.717, 1.165) is 45.2 Å². The highest BCUT2D eigenvalue weighted by Crippen LogP contribution is 2.36. The summed E-state index contributed by atoms with van der Waals surface area (Å²) >= 11 is 1.35. The van der Waals surface area contributed by atoms with Crippen molar-refractivity contribution in [3.05, 3.63) is 64.0 Å². The van der Waals surface area contributed by atoms with Crippen LogP contribution in [0.1, 0.15) is 32.8 Å². The first-order valence-corrected chi connectivity index (χ1v) is 9.93. The molecule has 27 heavy (non-hydrogen) atoms. The van der Waals surface area contributed by atoms with Crippen molar-refractivity contribution in [2.24, 2.45) is 0 Å². The van der Waals surface area contributed by atoms with E-state index in [9.17, 15) is 4.79 Å². The van der Waals surface area contributed by atoms with Crippen LogP contribution in [0.2, 0.25) is 0 Å². The summed E-state index contributed by atoms with van der Waals surface area (Å²) in [6.45, 7) is 2.02. The number of hydrogen-bond acceptors (Lipinski definition) is 4. The van der Waals surface area contributed by atoms with Crippen LogP contribution in [0.4, 0.5) is 11.4 Å². The molecule has 0 aliphatic heterocycles. The number of rotatable bonds is 2. The number of nitrogens with zero attached hydrogens (tertiary/aromatic N) is 1. The second-order valence-electron chi connectivity index (χ2n) is 7.17. The molecule has 0 fully saturated rings. The van der Waals surface area contributed by atoms with Gasteiger partial charge in [0.2, 0.25) is 0 Å². The predicted octanol–water partition coefficient (Wildman–Crippen LogP) is 5.08. The number of pyridine rings is 1. The highest BCUT2D eigenvalue weighted by Gasteiger charge is 2.19. The van der Waals surface area contributed by atoms with Gasteiger partial charge in [-0.2, -0.15) is 0 Å². The van der Waals surface area contributed by atoms with Gasteiger partial charge in [-0.1, -0.05) is 17.7 Å². The lowest BCUT2D eigenvalue weighted by atomic mass is 10.1. The minimum Gasteiger partial charge on any atom is -0.397 e. The van der Waals surface area contributed by atoms with Crippen LogP contribution in [0.25, 0.3) is 21.1 Å². The normalized spacial score (nSPS) is 13.2. The van der Waals surface area contributed by atoms with Crippen LogP contribution in [0.5, 0.6) is 0 Å². The molecule has 0 saturated heterocycles. The van der Waals surface area contributed by atoms with Gasteiger partial charge in [-0.3, -0.25) is 4.79 Å². The van der Waals surface area contributed by atoms with Crippen molar-refractivity contribution >= 4 is 49.7 Å². The molecule has 0 saturated carbocycles. The molecule has 2 heterocycles. The number of thiophene rings is 1. The number of amides is 1. The fourth-order valence-electron chi connectivity index (χ4n) is 3.77. The molecule has 3 N–H and O–H groups in total. The summed E-state index contributed by atoms with van der Waals surface area (Å²) in [7, 11) is 0. The SMILES string of the molecule is Cc1ccc(NC(=O)c2sc3nc4cc5c(cc4cc3c2N)CCC5)cc1. The summed E-state index contributed by atoms with van der Waals surface area (Å²) < 4.78 is 0. The van der Waals surface area contributed by atoms with Gasteiger partial charge in [0.25, 0.3) is 5.91 Å². The van der Waals surface area contributed by atoms with E-state index >= 15 is 0 Å². The van der Waals surface area contributed by atoms with Gasteiger partial charge in [0.1, 0.15) is 9.71 Å². The van der Waals surface area contributed by atoms with Gasteiger partial charge in [-0.15, -0.1) is 11.3 Å². The molecule has 0 atom stereocenters. The first-order chi connectivity index (χ1) is 13.1. The van der Waals surface area contributed by atoms with Gasteiger partial charge in [0, 0.05) is 16.5 Å². The summed E-state index contributed by atoms with van der Waals surface area (Å²) in [5, 5.41) is 4.89. The Morgan fingerprint density at radius 3 is 2.63 bits per heavy atom. The number of nitrogens with one attached hydrogen (secondary N) is 1. The van der Waals surface area contributed by atoms with Crippen LogP contribution in [0.15, 0.2) is 42.5 Å². The number of carbonyl (C=O) groups excluding carboxylic acids is 1. The smallest absolute Gasteiger partial charge is 0.267 e. The van der Waals surface area contributed by atoms with Gasteiger partial charge >= 0.3 is 0 Å².